The van der Waals surface area contributed by atoms with Gasteiger partial charge in [0.15, 0.2) is 0 Å². The van der Waals surface area contributed by atoms with E-state index in [4.69, 9.17) is 0 Å². The van der Waals surface area contributed by atoms with Crippen LogP contribution in [0.5, 0.6) is 5.75 Å². The summed E-state index contributed by atoms with van der Waals surface area (Å²) in [5, 5.41) is 12.2. The summed E-state index contributed by atoms with van der Waals surface area (Å²) in [7, 11) is 1.90. The second-order valence-corrected chi connectivity index (χ2v) is 6.06. The molecular formula is C19H18N2O2. The molecule has 4 heteroatoms. The summed E-state index contributed by atoms with van der Waals surface area (Å²) < 4.78 is 1.90. The number of rotatable bonds is 1. The van der Waals surface area contributed by atoms with Crippen LogP contribution >= 0.6 is 0 Å². The van der Waals surface area contributed by atoms with Crippen molar-refractivity contribution in [1.82, 2.24) is 4.57 Å². The fourth-order valence-electron chi connectivity index (χ4n) is 3.43. The van der Waals surface area contributed by atoms with Gasteiger partial charge in [-0.05, 0) is 36.4 Å². The summed E-state index contributed by atoms with van der Waals surface area (Å²) in [5.41, 5.74) is 3.68. The highest BCUT2D eigenvalue weighted by molar-refractivity contribution is 6.09. The Kier molecular flexibility index (Phi) is 2.94. The van der Waals surface area contributed by atoms with Gasteiger partial charge in [0, 0.05) is 30.7 Å². The molecule has 0 radical (unpaired) electrons. The van der Waals surface area contributed by atoms with Gasteiger partial charge in [-0.2, -0.15) is 0 Å². The number of aryl methyl sites for hydroxylation is 1. The van der Waals surface area contributed by atoms with Crippen molar-refractivity contribution in [3.8, 4) is 5.75 Å². The molecule has 0 aliphatic carbocycles. The molecule has 3 aromatic rings. The minimum atomic E-state index is -0.0194. The summed E-state index contributed by atoms with van der Waals surface area (Å²) in [5.74, 6) is 0.205. The zero-order valence-corrected chi connectivity index (χ0v) is 13.2. The van der Waals surface area contributed by atoms with E-state index >= 15 is 0 Å². The van der Waals surface area contributed by atoms with E-state index in [0.29, 0.717) is 12.2 Å². The third kappa shape index (κ3) is 1.95. The third-order valence-corrected chi connectivity index (χ3v) is 4.82. The predicted molar refractivity (Wildman–Crippen MR) is 91.1 cm³/mol. The van der Waals surface area contributed by atoms with Crippen LogP contribution in [0.1, 0.15) is 21.7 Å². The number of hydrogen-bond acceptors (Lipinski definition) is 2. The minimum Gasteiger partial charge on any atom is -0.507 e. The van der Waals surface area contributed by atoms with Crippen LogP contribution < -0.4 is 4.90 Å². The van der Waals surface area contributed by atoms with Gasteiger partial charge in [0.25, 0.3) is 5.91 Å². The van der Waals surface area contributed by atoms with Gasteiger partial charge in [-0.1, -0.05) is 24.3 Å². The molecule has 0 unspecified atom stereocenters. The predicted octanol–water partition coefficient (Wildman–Crippen LogP) is 3.40. The SMILES string of the molecule is Cc1ccc(C(=O)N2CCc3c2cc(O)c2ccccc32)n1C. The average Bonchev–Trinajstić information content (AvgIpc) is 3.12. The quantitative estimate of drug-likeness (QED) is 0.749. The van der Waals surface area contributed by atoms with Gasteiger partial charge in [0.2, 0.25) is 0 Å². The number of aromatic hydroxyl groups is 1. The van der Waals surface area contributed by atoms with Crippen LogP contribution in [0.4, 0.5) is 5.69 Å². The molecule has 1 aliphatic rings. The van der Waals surface area contributed by atoms with Crippen LogP contribution in [0.25, 0.3) is 10.8 Å². The number of phenolic OH excluding ortho intramolecular Hbond substituents is 1. The van der Waals surface area contributed by atoms with Gasteiger partial charge in [0.1, 0.15) is 11.4 Å². The summed E-state index contributed by atoms with van der Waals surface area (Å²) in [6, 6.07) is 13.3. The molecule has 4 nitrogen and oxygen atoms in total. The Bertz CT molecular complexity index is 940. The van der Waals surface area contributed by atoms with Crippen molar-refractivity contribution in [3.63, 3.8) is 0 Å². The Morgan fingerprint density at radius 1 is 1.13 bits per heavy atom. The van der Waals surface area contributed by atoms with E-state index in [1.807, 2.05) is 54.9 Å². The van der Waals surface area contributed by atoms with Gasteiger partial charge < -0.3 is 14.6 Å². The number of carbonyl (C=O) groups excluding carboxylic acids is 1. The molecule has 0 spiro atoms. The molecule has 1 N–H and O–H groups in total. The fraction of sp³-hybridized carbons (Fsp3) is 0.211. The topological polar surface area (TPSA) is 45.5 Å². The average molecular weight is 306 g/mol. The van der Waals surface area contributed by atoms with E-state index in [1.54, 1.807) is 11.0 Å². The van der Waals surface area contributed by atoms with Crippen molar-refractivity contribution >= 4 is 22.4 Å². The Labute approximate surface area is 134 Å². The summed E-state index contributed by atoms with van der Waals surface area (Å²) in [6.07, 6.45) is 0.811. The van der Waals surface area contributed by atoms with E-state index in [9.17, 15) is 9.90 Å². The number of nitrogens with zero attached hydrogens (tertiary/aromatic N) is 2. The maximum atomic E-state index is 12.9. The number of anilines is 1. The van der Waals surface area contributed by atoms with Crippen molar-refractivity contribution in [2.75, 3.05) is 11.4 Å². The lowest BCUT2D eigenvalue weighted by molar-refractivity contribution is 0.0981. The summed E-state index contributed by atoms with van der Waals surface area (Å²) >= 11 is 0. The van der Waals surface area contributed by atoms with Crippen LogP contribution in [-0.4, -0.2) is 22.1 Å². The molecule has 1 amide bonds. The highest BCUT2D eigenvalue weighted by Gasteiger charge is 2.29. The zero-order chi connectivity index (χ0) is 16.1. The number of benzene rings is 2. The number of amides is 1. The third-order valence-electron chi connectivity index (χ3n) is 4.82. The first-order valence-corrected chi connectivity index (χ1v) is 7.75. The van der Waals surface area contributed by atoms with E-state index in [1.165, 1.54) is 0 Å². The van der Waals surface area contributed by atoms with Crippen molar-refractivity contribution < 1.29 is 9.90 Å². The van der Waals surface area contributed by atoms with Gasteiger partial charge in [-0.3, -0.25) is 4.79 Å². The lowest BCUT2D eigenvalue weighted by Gasteiger charge is -2.19. The fourth-order valence-corrected chi connectivity index (χ4v) is 3.43. The molecule has 23 heavy (non-hydrogen) atoms. The smallest absolute Gasteiger partial charge is 0.274 e. The molecule has 2 aromatic carbocycles. The zero-order valence-electron chi connectivity index (χ0n) is 13.2. The number of hydrogen-bond donors (Lipinski definition) is 1. The maximum absolute atomic E-state index is 12.9. The van der Waals surface area contributed by atoms with Gasteiger partial charge >= 0.3 is 0 Å². The molecule has 0 atom stereocenters. The van der Waals surface area contributed by atoms with E-state index in [0.717, 1.165) is 34.1 Å². The second kappa shape index (κ2) is 4.88. The number of fused-ring (bicyclic) bond motifs is 3. The highest BCUT2D eigenvalue weighted by atomic mass is 16.3. The Morgan fingerprint density at radius 2 is 1.87 bits per heavy atom. The largest absolute Gasteiger partial charge is 0.507 e. The molecule has 1 aromatic heterocycles. The second-order valence-electron chi connectivity index (χ2n) is 6.06. The van der Waals surface area contributed by atoms with Gasteiger partial charge in [0.05, 0.1) is 5.69 Å². The Morgan fingerprint density at radius 3 is 2.57 bits per heavy atom. The highest BCUT2D eigenvalue weighted by Crippen LogP contribution is 2.39. The maximum Gasteiger partial charge on any atom is 0.274 e. The van der Waals surface area contributed by atoms with Crippen molar-refractivity contribution in [3.05, 3.63) is 59.4 Å². The lowest BCUT2D eigenvalue weighted by atomic mass is 10.0. The first-order valence-electron chi connectivity index (χ1n) is 7.75. The van der Waals surface area contributed by atoms with Crippen LogP contribution in [0.2, 0.25) is 0 Å². The summed E-state index contributed by atoms with van der Waals surface area (Å²) in [6.45, 7) is 2.62. The number of carbonyl (C=O) groups is 1. The molecule has 1 aliphatic heterocycles. The molecule has 0 saturated carbocycles. The van der Waals surface area contributed by atoms with Crippen LogP contribution in [0.3, 0.4) is 0 Å². The van der Waals surface area contributed by atoms with Crippen LogP contribution in [-0.2, 0) is 13.5 Å². The van der Waals surface area contributed by atoms with E-state index in [2.05, 4.69) is 0 Å². The van der Waals surface area contributed by atoms with Gasteiger partial charge in [-0.15, -0.1) is 0 Å². The van der Waals surface area contributed by atoms with Crippen LogP contribution in [0, 0.1) is 6.92 Å². The molecule has 2 heterocycles. The monoisotopic (exact) mass is 306 g/mol. The normalized spacial score (nSPS) is 13.6. The van der Waals surface area contributed by atoms with Crippen LogP contribution in [0.15, 0.2) is 42.5 Å². The Balaban J connectivity index is 1.85. The van der Waals surface area contributed by atoms with Crippen molar-refractivity contribution in [2.45, 2.75) is 13.3 Å². The molecule has 4 rings (SSSR count). The lowest BCUT2D eigenvalue weighted by Crippen LogP contribution is -2.30. The van der Waals surface area contributed by atoms with E-state index < -0.39 is 0 Å². The number of phenols is 1. The molecule has 0 bridgehead atoms. The first-order chi connectivity index (χ1) is 11.1. The van der Waals surface area contributed by atoms with Crippen molar-refractivity contribution in [2.24, 2.45) is 7.05 Å². The van der Waals surface area contributed by atoms with E-state index in [-0.39, 0.29) is 11.7 Å². The molecule has 0 fully saturated rings. The number of aromatic nitrogens is 1. The molecule has 0 saturated heterocycles. The first kappa shape index (κ1) is 13.9. The van der Waals surface area contributed by atoms with Gasteiger partial charge in [-0.25, -0.2) is 0 Å². The molecular weight excluding hydrogens is 288 g/mol. The minimum absolute atomic E-state index is 0.0194. The Hall–Kier alpha value is -2.75. The summed E-state index contributed by atoms with van der Waals surface area (Å²) in [4.78, 5) is 14.7. The standard InChI is InChI=1S/C19H18N2O2/c1-12-7-8-16(20(12)2)19(23)21-10-9-14-13-5-3-4-6-15(13)18(22)11-17(14)21/h3-8,11,22H,9-10H2,1-2H3. The van der Waals surface area contributed by atoms with Crippen molar-refractivity contribution in [1.29, 1.82) is 0 Å². The molecule has 116 valence electrons.